The van der Waals surface area contributed by atoms with E-state index in [4.69, 9.17) is 0 Å². The van der Waals surface area contributed by atoms with Crippen LogP contribution in [0.5, 0.6) is 0 Å². The minimum Gasteiger partial charge on any atom is -0.356 e. The van der Waals surface area contributed by atoms with Gasteiger partial charge in [0.15, 0.2) is 5.96 Å². The average Bonchev–Trinajstić information content (AvgIpc) is 2.98. The number of carbonyl (C=O) groups excluding carboxylic acids is 1. The average molecular weight is 537 g/mol. The second kappa shape index (κ2) is 11.5. The Kier molecular flexibility index (Phi) is 10.1. The van der Waals surface area contributed by atoms with Crippen LogP contribution in [-0.4, -0.2) is 25.5 Å². The lowest BCUT2D eigenvalue weighted by Crippen LogP contribution is -2.38. The van der Waals surface area contributed by atoms with Gasteiger partial charge >= 0.3 is 0 Å². The monoisotopic (exact) mass is 536 g/mol. The minimum absolute atomic E-state index is 0. The van der Waals surface area contributed by atoms with Gasteiger partial charge in [0.2, 0.25) is 5.91 Å². The largest absolute Gasteiger partial charge is 0.356 e. The molecule has 0 aliphatic carbocycles. The molecule has 0 saturated carbocycles. The van der Waals surface area contributed by atoms with Crippen molar-refractivity contribution in [2.45, 2.75) is 19.9 Å². The molecule has 0 spiro atoms. The molecular weight excluding hydrogens is 515 g/mol. The van der Waals surface area contributed by atoms with E-state index in [9.17, 15) is 4.79 Å². The number of benzene rings is 1. The molecule has 0 unspecified atom stereocenters. The summed E-state index contributed by atoms with van der Waals surface area (Å²) in [5, 5.41) is 11.3. The van der Waals surface area contributed by atoms with Crippen LogP contribution in [0.1, 0.15) is 16.9 Å². The van der Waals surface area contributed by atoms with Crippen LogP contribution < -0.4 is 16.0 Å². The number of nitrogens with zero attached hydrogens (tertiary/aromatic N) is 1. The van der Waals surface area contributed by atoms with E-state index >= 15 is 0 Å². The van der Waals surface area contributed by atoms with E-state index < -0.39 is 0 Å². The van der Waals surface area contributed by atoms with E-state index in [2.05, 4.69) is 55.2 Å². The Labute approximate surface area is 177 Å². The van der Waals surface area contributed by atoms with Gasteiger partial charge in [0.05, 0.1) is 6.54 Å². The van der Waals surface area contributed by atoms with Crippen LogP contribution in [0.3, 0.4) is 0 Å². The SMILES string of the molecule is CN=C(NCCC(=O)Nc1ccc(Br)cc1)NCc1sccc1C.I. The third kappa shape index (κ3) is 7.74. The molecule has 0 atom stereocenters. The van der Waals surface area contributed by atoms with Crippen LogP contribution in [0, 0.1) is 6.92 Å². The van der Waals surface area contributed by atoms with E-state index in [-0.39, 0.29) is 29.9 Å². The first-order valence-electron chi connectivity index (χ1n) is 7.61. The molecule has 8 heteroatoms. The Morgan fingerprint density at radius 1 is 1.20 bits per heavy atom. The number of thiophene rings is 1. The van der Waals surface area contributed by atoms with Crippen LogP contribution in [0.25, 0.3) is 0 Å². The van der Waals surface area contributed by atoms with Crippen LogP contribution in [0.4, 0.5) is 5.69 Å². The van der Waals surface area contributed by atoms with Gasteiger partial charge in [-0.05, 0) is 48.2 Å². The van der Waals surface area contributed by atoms with Crippen molar-refractivity contribution in [1.82, 2.24) is 10.6 Å². The highest BCUT2D eigenvalue weighted by atomic mass is 127. The zero-order valence-corrected chi connectivity index (χ0v) is 18.9. The smallest absolute Gasteiger partial charge is 0.226 e. The first-order valence-corrected chi connectivity index (χ1v) is 9.28. The van der Waals surface area contributed by atoms with E-state index in [1.165, 1.54) is 10.4 Å². The van der Waals surface area contributed by atoms with Crippen LogP contribution in [-0.2, 0) is 11.3 Å². The summed E-state index contributed by atoms with van der Waals surface area (Å²) < 4.78 is 0.984. The number of anilines is 1. The Bertz CT molecular complexity index is 703. The number of hydrogen-bond donors (Lipinski definition) is 3. The number of guanidine groups is 1. The molecular formula is C17H22BrIN4OS. The highest BCUT2D eigenvalue weighted by molar-refractivity contribution is 14.0. The molecule has 0 aliphatic heterocycles. The van der Waals surface area contributed by atoms with Crippen molar-refractivity contribution in [2.75, 3.05) is 18.9 Å². The van der Waals surface area contributed by atoms with Gasteiger partial charge in [0, 0.05) is 35.1 Å². The van der Waals surface area contributed by atoms with Crippen molar-refractivity contribution < 1.29 is 4.79 Å². The summed E-state index contributed by atoms with van der Waals surface area (Å²) in [4.78, 5) is 17.4. The maximum atomic E-state index is 11.9. The second-order valence-corrected chi connectivity index (χ2v) is 7.10. The van der Waals surface area contributed by atoms with Gasteiger partial charge in [0.1, 0.15) is 0 Å². The molecule has 25 heavy (non-hydrogen) atoms. The Hall–Kier alpha value is -1.13. The van der Waals surface area contributed by atoms with Crippen molar-refractivity contribution in [2.24, 2.45) is 4.99 Å². The lowest BCUT2D eigenvalue weighted by atomic mass is 10.3. The molecule has 0 saturated heterocycles. The summed E-state index contributed by atoms with van der Waals surface area (Å²) in [5.41, 5.74) is 2.07. The third-order valence-electron chi connectivity index (χ3n) is 3.38. The van der Waals surface area contributed by atoms with E-state index in [0.29, 0.717) is 18.9 Å². The molecule has 2 rings (SSSR count). The highest BCUT2D eigenvalue weighted by Gasteiger charge is 2.05. The summed E-state index contributed by atoms with van der Waals surface area (Å²) in [6.07, 6.45) is 0.370. The predicted octanol–water partition coefficient (Wildman–Crippen LogP) is 4.13. The Morgan fingerprint density at radius 3 is 2.52 bits per heavy atom. The van der Waals surface area contributed by atoms with Gasteiger partial charge in [-0.15, -0.1) is 35.3 Å². The minimum atomic E-state index is -0.0330. The molecule has 1 aromatic heterocycles. The summed E-state index contributed by atoms with van der Waals surface area (Å²) in [5.74, 6) is 0.661. The Balaban J connectivity index is 0.00000312. The van der Waals surface area contributed by atoms with Crippen molar-refractivity contribution in [1.29, 1.82) is 0 Å². The number of nitrogens with one attached hydrogen (secondary N) is 3. The van der Waals surface area contributed by atoms with E-state index in [1.54, 1.807) is 18.4 Å². The summed E-state index contributed by atoms with van der Waals surface area (Å²) >= 11 is 5.09. The van der Waals surface area contributed by atoms with Crippen molar-refractivity contribution >= 4 is 68.8 Å². The topological polar surface area (TPSA) is 65.5 Å². The quantitative estimate of drug-likeness (QED) is 0.295. The van der Waals surface area contributed by atoms with Gasteiger partial charge in [-0.1, -0.05) is 15.9 Å². The maximum absolute atomic E-state index is 11.9. The van der Waals surface area contributed by atoms with Crippen LogP contribution in [0.2, 0.25) is 0 Å². The summed E-state index contributed by atoms with van der Waals surface area (Å²) in [6.45, 7) is 3.34. The van der Waals surface area contributed by atoms with Crippen molar-refractivity contribution in [3.8, 4) is 0 Å². The molecule has 1 amide bonds. The lowest BCUT2D eigenvalue weighted by molar-refractivity contribution is -0.116. The number of amides is 1. The number of carbonyl (C=O) groups is 1. The molecule has 136 valence electrons. The van der Waals surface area contributed by atoms with Gasteiger partial charge in [-0.2, -0.15) is 0 Å². The third-order valence-corrected chi connectivity index (χ3v) is 4.93. The number of rotatable bonds is 6. The molecule has 1 heterocycles. The number of halogens is 2. The highest BCUT2D eigenvalue weighted by Crippen LogP contribution is 2.15. The fourth-order valence-corrected chi connectivity index (χ4v) is 3.13. The van der Waals surface area contributed by atoms with Gasteiger partial charge in [-0.3, -0.25) is 9.79 Å². The standard InChI is InChI=1S/C17H21BrN4OS.HI/c1-12-8-10-24-15(12)11-21-17(19-2)20-9-7-16(23)22-14-5-3-13(18)4-6-14;/h3-6,8,10H,7,9,11H2,1-2H3,(H,22,23)(H2,19,20,21);1H. The maximum Gasteiger partial charge on any atom is 0.226 e. The summed E-state index contributed by atoms with van der Waals surface area (Å²) in [6, 6.07) is 9.61. The van der Waals surface area contributed by atoms with E-state index in [1.807, 2.05) is 24.3 Å². The Morgan fingerprint density at radius 2 is 1.92 bits per heavy atom. The first kappa shape index (κ1) is 21.9. The number of aryl methyl sites for hydroxylation is 1. The molecule has 0 fully saturated rings. The second-order valence-electron chi connectivity index (χ2n) is 5.18. The number of aliphatic imine (C=N–C) groups is 1. The molecule has 2 aromatic rings. The summed E-state index contributed by atoms with van der Waals surface area (Å²) in [7, 11) is 1.72. The first-order chi connectivity index (χ1) is 11.6. The van der Waals surface area contributed by atoms with E-state index in [0.717, 1.165) is 16.7 Å². The molecule has 0 radical (unpaired) electrons. The molecule has 0 aliphatic rings. The zero-order valence-electron chi connectivity index (χ0n) is 14.1. The zero-order chi connectivity index (χ0) is 17.4. The van der Waals surface area contributed by atoms with Crippen LogP contribution in [0.15, 0.2) is 45.2 Å². The van der Waals surface area contributed by atoms with Crippen LogP contribution >= 0.6 is 51.2 Å². The molecule has 1 aromatic carbocycles. The molecule has 3 N–H and O–H groups in total. The van der Waals surface area contributed by atoms with Crippen molar-refractivity contribution in [3.63, 3.8) is 0 Å². The predicted molar refractivity (Wildman–Crippen MR) is 120 cm³/mol. The van der Waals surface area contributed by atoms with Gasteiger partial charge < -0.3 is 16.0 Å². The fourth-order valence-electron chi connectivity index (χ4n) is 2.02. The van der Waals surface area contributed by atoms with Gasteiger partial charge in [0.25, 0.3) is 0 Å². The number of hydrogen-bond acceptors (Lipinski definition) is 3. The van der Waals surface area contributed by atoms with Gasteiger partial charge in [-0.25, -0.2) is 0 Å². The normalized spacial score (nSPS) is 10.8. The molecule has 5 nitrogen and oxygen atoms in total. The molecule has 0 bridgehead atoms. The lowest BCUT2D eigenvalue weighted by Gasteiger charge is -2.12. The fraction of sp³-hybridized carbons (Fsp3) is 0.294. The van der Waals surface area contributed by atoms with Crippen molar-refractivity contribution in [3.05, 3.63) is 50.6 Å².